The smallest absolute Gasteiger partial charge is 0.0964 e. The zero-order valence-electron chi connectivity index (χ0n) is 10.7. The lowest BCUT2D eigenvalue weighted by Gasteiger charge is -2.09. The third kappa shape index (κ3) is 4.44. The molecule has 1 fully saturated rings. The molecule has 0 spiro atoms. The Bertz CT molecular complexity index is 335. The monoisotopic (exact) mass is 238 g/mol. The van der Waals surface area contributed by atoms with E-state index in [-0.39, 0.29) is 0 Å². The Morgan fingerprint density at radius 2 is 2.41 bits per heavy atom. The van der Waals surface area contributed by atoms with Crippen LogP contribution in [0.5, 0.6) is 0 Å². The highest BCUT2D eigenvalue weighted by Gasteiger charge is 2.20. The minimum Gasteiger partial charge on any atom is -0.377 e. The molecule has 1 aromatic rings. The third-order valence-corrected chi connectivity index (χ3v) is 3.03. The summed E-state index contributed by atoms with van der Waals surface area (Å²) < 4.78 is 7.46. The molecule has 1 saturated carbocycles. The Morgan fingerprint density at radius 3 is 3.12 bits per heavy atom. The summed E-state index contributed by atoms with van der Waals surface area (Å²) >= 11 is 0. The number of nitrogens with zero attached hydrogens (tertiary/aromatic N) is 3. The maximum Gasteiger partial charge on any atom is 0.0964 e. The summed E-state index contributed by atoms with van der Waals surface area (Å²) in [5.41, 5.74) is 1.01. The molecule has 0 saturated heterocycles. The normalized spacial score (nSPS) is 17.3. The van der Waals surface area contributed by atoms with E-state index in [2.05, 4.69) is 29.5 Å². The van der Waals surface area contributed by atoms with Gasteiger partial charge in [-0.2, -0.15) is 0 Å². The maximum absolute atomic E-state index is 5.61. The van der Waals surface area contributed by atoms with E-state index in [9.17, 15) is 0 Å². The van der Waals surface area contributed by atoms with Gasteiger partial charge in [-0.25, -0.2) is 4.68 Å². The van der Waals surface area contributed by atoms with Crippen molar-refractivity contribution in [1.82, 2.24) is 20.3 Å². The molecule has 0 radical (unpaired) electrons. The number of hydrogen-bond donors (Lipinski definition) is 1. The SMILES string of the molecule is CCC(C)OCCn1cc(CNC2CC2)nn1. The standard InChI is InChI=1S/C12H22N4O/c1-3-10(2)17-7-6-16-9-12(14-15-16)8-13-11-4-5-11/h9-11,13H,3-8H2,1-2H3. The molecule has 1 atom stereocenters. The Morgan fingerprint density at radius 1 is 1.59 bits per heavy atom. The predicted octanol–water partition coefficient (Wildman–Crippen LogP) is 1.35. The molecule has 1 N–H and O–H groups in total. The van der Waals surface area contributed by atoms with Gasteiger partial charge in [0.1, 0.15) is 0 Å². The number of aromatic nitrogens is 3. The van der Waals surface area contributed by atoms with E-state index in [1.165, 1.54) is 12.8 Å². The largest absolute Gasteiger partial charge is 0.377 e. The maximum atomic E-state index is 5.61. The van der Waals surface area contributed by atoms with Crippen LogP contribution in [0.25, 0.3) is 0 Å². The van der Waals surface area contributed by atoms with Gasteiger partial charge in [-0.1, -0.05) is 12.1 Å². The van der Waals surface area contributed by atoms with Crippen molar-refractivity contribution in [3.05, 3.63) is 11.9 Å². The molecule has 1 aliphatic carbocycles. The lowest BCUT2D eigenvalue weighted by molar-refractivity contribution is 0.0562. The van der Waals surface area contributed by atoms with Crippen molar-refractivity contribution in [2.45, 2.75) is 58.3 Å². The molecule has 96 valence electrons. The first kappa shape index (κ1) is 12.5. The van der Waals surface area contributed by atoms with Gasteiger partial charge in [0.2, 0.25) is 0 Å². The summed E-state index contributed by atoms with van der Waals surface area (Å²) in [5.74, 6) is 0. The van der Waals surface area contributed by atoms with E-state index in [1.807, 2.05) is 10.9 Å². The molecule has 0 bridgehead atoms. The lowest BCUT2D eigenvalue weighted by atomic mass is 10.3. The van der Waals surface area contributed by atoms with E-state index in [1.54, 1.807) is 0 Å². The van der Waals surface area contributed by atoms with E-state index in [0.29, 0.717) is 18.8 Å². The molecule has 17 heavy (non-hydrogen) atoms. The van der Waals surface area contributed by atoms with Crippen LogP contribution in [0.3, 0.4) is 0 Å². The minimum atomic E-state index is 0.328. The molecule has 1 heterocycles. The molecular formula is C12H22N4O. The second-order valence-corrected chi connectivity index (χ2v) is 4.72. The minimum absolute atomic E-state index is 0.328. The fourth-order valence-corrected chi connectivity index (χ4v) is 1.53. The number of rotatable bonds is 8. The molecule has 1 unspecified atom stereocenters. The average Bonchev–Trinajstić information content (AvgIpc) is 3.06. The van der Waals surface area contributed by atoms with Crippen LogP contribution in [0.15, 0.2) is 6.20 Å². The van der Waals surface area contributed by atoms with Gasteiger partial charge in [0.25, 0.3) is 0 Å². The van der Waals surface area contributed by atoms with Crippen LogP contribution in [0, 0.1) is 0 Å². The summed E-state index contributed by atoms with van der Waals surface area (Å²) in [5, 5.41) is 11.6. The van der Waals surface area contributed by atoms with Crippen molar-refractivity contribution in [2.24, 2.45) is 0 Å². The van der Waals surface area contributed by atoms with E-state index in [0.717, 1.165) is 25.2 Å². The quantitative estimate of drug-likeness (QED) is 0.742. The Hall–Kier alpha value is -0.940. The molecule has 5 heteroatoms. The average molecular weight is 238 g/mol. The van der Waals surface area contributed by atoms with Crippen molar-refractivity contribution in [3.8, 4) is 0 Å². The highest BCUT2D eigenvalue weighted by Crippen LogP contribution is 2.18. The van der Waals surface area contributed by atoms with Gasteiger partial charge >= 0.3 is 0 Å². The van der Waals surface area contributed by atoms with Crippen molar-refractivity contribution >= 4 is 0 Å². The second kappa shape index (κ2) is 6.12. The van der Waals surface area contributed by atoms with Crippen LogP contribution in [0.1, 0.15) is 38.8 Å². The molecule has 1 aliphatic rings. The molecule has 2 rings (SSSR count). The summed E-state index contributed by atoms with van der Waals surface area (Å²) in [6, 6.07) is 0.717. The van der Waals surface area contributed by atoms with Crippen LogP contribution in [-0.2, 0) is 17.8 Å². The van der Waals surface area contributed by atoms with Crippen LogP contribution >= 0.6 is 0 Å². The molecule has 0 amide bonds. The number of nitrogens with one attached hydrogen (secondary N) is 1. The Kier molecular flexibility index (Phi) is 4.50. The van der Waals surface area contributed by atoms with E-state index < -0.39 is 0 Å². The molecule has 1 aromatic heterocycles. The summed E-state index contributed by atoms with van der Waals surface area (Å²) in [7, 11) is 0. The lowest BCUT2D eigenvalue weighted by Crippen LogP contribution is -2.15. The summed E-state index contributed by atoms with van der Waals surface area (Å²) in [6.45, 7) is 6.53. The van der Waals surface area contributed by atoms with Crippen molar-refractivity contribution in [2.75, 3.05) is 6.61 Å². The van der Waals surface area contributed by atoms with Crippen molar-refractivity contribution < 1.29 is 4.74 Å². The fourth-order valence-electron chi connectivity index (χ4n) is 1.53. The fraction of sp³-hybridized carbons (Fsp3) is 0.833. The predicted molar refractivity (Wildman–Crippen MR) is 65.6 cm³/mol. The Balaban J connectivity index is 1.66. The van der Waals surface area contributed by atoms with E-state index in [4.69, 9.17) is 4.74 Å². The van der Waals surface area contributed by atoms with Gasteiger partial charge in [-0.05, 0) is 26.2 Å². The van der Waals surface area contributed by atoms with Crippen molar-refractivity contribution in [1.29, 1.82) is 0 Å². The first-order valence-electron chi connectivity index (χ1n) is 6.52. The van der Waals surface area contributed by atoms with Gasteiger partial charge in [0.05, 0.1) is 24.9 Å². The second-order valence-electron chi connectivity index (χ2n) is 4.72. The van der Waals surface area contributed by atoms with Gasteiger partial charge in [-0.15, -0.1) is 5.10 Å². The topological polar surface area (TPSA) is 52.0 Å². The molecule has 0 aliphatic heterocycles. The molecule has 0 aromatic carbocycles. The zero-order valence-corrected chi connectivity index (χ0v) is 10.7. The first-order chi connectivity index (χ1) is 8.28. The highest BCUT2D eigenvalue weighted by atomic mass is 16.5. The molecular weight excluding hydrogens is 216 g/mol. The number of hydrogen-bond acceptors (Lipinski definition) is 4. The highest BCUT2D eigenvalue weighted by molar-refractivity contribution is 4.94. The van der Waals surface area contributed by atoms with Gasteiger partial charge in [0.15, 0.2) is 0 Å². The summed E-state index contributed by atoms with van der Waals surface area (Å²) in [6.07, 6.45) is 5.98. The summed E-state index contributed by atoms with van der Waals surface area (Å²) in [4.78, 5) is 0. The van der Waals surface area contributed by atoms with Crippen LogP contribution in [0.4, 0.5) is 0 Å². The van der Waals surface area contributed by atoms with E-state index >= 15 is 0 Å². The molecule has 5 nitrogen and oxygen atoms in total. The first-order valence-corrected chi connectivity index (χ1v) is 6.52. The van der Waals surface area contributed by atoms with Gasteiger partial charge in [-0.3, -0.25) is 0 Å². The van der Waals surface area contributed by atoms with Crippen LogP contribution in [0.2, 0.25) is 0 Å². The van der Waals surface area contributed by atoms with Gasteiger partial charge in [0, 0.05) is 18.8 Å². The van der Waals surface area contributed by atoms with Crippen molar-refractivity contribution in [3.63, 3.8) is 0 Å². The zero-order chi connectivity index (χ0) is 12.1. The third-order valence-electron chi connectivity index (χ3n) is 3.03. The van der Waals surface area contributed by atoms with Crippen LogP contribution < -0.4 is 5.32 Å². The van der Waals surface area contributed by atoms with Gasteiger partial charge < -0.3 is 10.1 Å². The van der Waals surface area contributed by atoms with Crippen LogP contribution in [-0.4, -0.2) is 33.7 Å². The number of ether oxygens (including phenoxy) is 1. The Labute approximate surface area is 103 Å².